The van der Waals surface area contributed by atoms with Gasteiger partial charge >= 0.3 is 0 Å². The Labute approximate surface area is 167 Å². The van der Waals surface area contributed by atoms with Crippen molar-refractivity contribution in [3.63, 3.8) is 0 Å². The van der Waals surface area contributed by atoms with Gasteiger partial charge in [-0.25, -0.2) is 0 Å². The van der Waals surface area contributed by atoms with Gasteiger partial charge in [-0.05, 0) is 75.6 Å². The van der Waals surface area contributed by atoms with Crippen molar-refractivity contribution in [3.8, 4) is 5.75 Å². The van der Waals surface area contributed by atoms with Crippen LogP contribution in [0, 0.1) is 18.8 Å². The number of carbonyl (C=O) groups is 1. The highest BCUT2D eigenvalue weighted by Crippen LogP contribution is 2.35. The largest absolute Gasteiger partial charge is 0.492 e. The summed E-state index contributed by atoms with van der Waals surface area (Å²) < 4.78 is 11.3. The number of nitrogens with two attached hydrogens (primary N) is 1. The van der Waals surface area contributed by atoms with Gasteiger partial charge in [-0.2, -0.15) is 0 Å². The van der Waals surface area contributed by atoms with Gasteiger partial charge in [-0.15, -0.1) is 0 Å². The first-order valence-electron chi connectivity index (χ1n) is 10.7. The smallest absolute Gasteiger partial charge is 0.255 e. The van der Waals surface area contributed by atoms with Crippen LogP contribution >= 0.6 is 0 Å². The molecule has 4 rings (SSSR count). The molecule has 3 heterocycles. The van der Waals surface area contributed by atoms with Crippen molar-refractivity contribution in [2.75, 3.05) is 51.7 Å². The summed E-state index contributed by atoms with van der Waals surface area (Å²) in [5.41, 5.74) is 9.58. The molecule has 0 aromatic heterocycles. The second kappa shape index (κ2) is 8.70. The SMILES string of the molecule is Cc1cc(C(=O)NCC2CCN(CC3CCOC3)CC2)c2c(c1N)CCCO2. The van der Waals surface area contributed by atoms with E-state index in [0.717, 1.165) is 81.9 Å². The number of rotatable bonds is 5. The molecule has 3 N–H and O–H groups in total. The molecule has 6 nitrogen and oxygen atoms in total. The maximum absolute atomic E-state index is 12.9. The van der Waals surface area contributed by atoms with E-state index in [-0.39, 0.29) is 5.91 Å². The zero-order valence-corrected chi connectivity index (χ0v) is 17.0. The van der Waals surface area contributed by atoms with Crippen molar-refractivity contribution in [1.82, 2.24) is 10.2 Å². The minimum Gasteiger partial charge on any atom is -0.492 e. The lowest BCUT2D eigenvalue weighted by Crippen LogP contribution is -2.40. The lowest BCUT2D eigenvalue weighted by atomic mass is 9.94. The maximum atomic E-state index is 12.9. The van der Waals surface area contributed by atoms with Crippen LogP contribution in [-0.4, -0.2) is 56.8 Å². The van der Waals surface area contributed by atoms with Crippen LogP contribution in [0.3, 0.4) is 0 Å². The fraction of sp³-hybridized carbons (Fsp3) is 0.682. The Hall–Kier alpha value is -1.79. The number of carbonyl (C=O) groups excluding carboxylic acids is 1. The van der Waals surface area contributed by atoms with Crippen LogP contribution < -0.4 is 15.8 Å². The zero-order valence-electron chi connectivity index (χ0n) is 17.0. The van der Waals surface area contributed by atoms with Crippen LogP contribution in [-0.2, 0) is 11.2 Å². The molecular weight excluding hydrogens is 354 g/mol. The Balaban J connectivity index is 1.30. The molecule has 0 bridgehead atoms. The lowest BCUT2D eigenvalue weighted by molar-refractivity contribution is 0.0926. The number of likely N-dealkylation sites (tertiary alicyclic amines) is 1. The second-order valence-corrected chi connectivity index (χ2v) is 8.60. The van der Waals surface area contributed by atoms with Gasteiger partial charge in [0.05, 0.1) is 18.8 Å². The molecule has 0 saturated carbocycles. The van der Waals surface area contributed by atoms with E-state index in [1.807, 2.05) is 13.0 Å². The molecular formula is C22H33N3O3. The average Bonchev–Trinajstić information content (AvgIpc) is 3.23. The van der Waals surface area contributed by atoms with E-state index in [0.29, 0.717) is 29.8 Å². The van der Waals surface area contributed by atoms with Gasteiger partial charge in [0, 0.05) is 30.9 Å². The minimum atomic E-state index is -0.0354. The fourth-order valence-electron chi connectivity index (χ4n) is 4.69. The molecule has 2 saturated heterocycles. The number of anilines is 1. The predicted molar refractivity (Wildman–Crippen MR) is 110 cm³/mol. The van der Waals surface area contributed by atoms with Crippen LogP contribution in [0.25, 0.3) is 0 Å². The number of nitrogens with zero attached hydrogens (tertiary/aromatic N) is 1. The van der Waals surface area contributed by atoms with Crippen LogP contribution in [0.5, 0.6) is 5.75 Å². The third-order valence-corrected chi connectivity index (χ3v) is 6.49. The van der Waals surface area contributed by atoms with Gasteiger partial charge in [-0.3, -0.25) is 4.79 Å². The lowest BCUT2D eigenvalue weighted by Gasteiger charge is -2.33. The first kappa shape index (κ1) is 19.5. The summed E-state index contributed by atoms with van der Waals surface area (Å²) >= 11 is 0. The van der Waals surface area contributed by atoms with Crippen LogP contribution in [0.1, 0.15) is 47.2 Å². The Morgan fingerprint density at radius 3 is 2.82 bits per heavy atom. The van der Waals surface area contributed by atoms with Gasteiger partial charge in [0.15, 0.2) is 0 Å². The van der Waals surface area contributed by atoms with Crippen molar-refractivity contribution in [1.29, 1.82) is 0 Å². The van der Waals surface area contributed by atoms with Gasteiger partial charge < -0.3 is 25.4 Å². The second-order valence-electron chi connectivity index (χ2n) is 8.60. The van der Waals surface area contributed by atoms with E-state index >= 15 is 0 Å². The maximum Gasteiger partial charge on any atom is 0.255 e. The highest BCUT2D eigenvalue weighted by molar-refractivity contribution is 5.98. The number of aryl methyl sites for hydroxylation is 1. The molecule has 1 amide bonds. The van der Waals surface area contributed by atoms with Gasteiger partial charge in [0.2, 0.25) is 0 Å². The molecule has 0 aliphatic carbocycles. The predicted octanol–water partition coefficient (Wildman–Crippen LogP) is 2.38. The van der Waals surface area contributed by atoms with Crippen LogP contribution in [0.15, 0.2) is 6.07 Å². The number of benzene rings is 1. The Kier molecular flexibility index (Phi) is 6.07. The number of fused-ring (bicyclic) bond motifs is 1. The molecule has 1 aromatic carbocycles. The Morgan fingerprint density at radius 2 is 2.07 bits per heavy atom. The fourth-order valence-corrected chi connectivity index (χ4v) is 4.69. The van der Waals surface area contributed by atoms with Crippen LogP contribution in [0.2, 0.25) is 0 Å². The van der Waals surface area contributed by atoms with E-state index in [2.05, 4.69) is 10.2 Å². The molecule has 1 aromatic rings. The van der Waals surface area contributed by atoms with Crippen molar-refractivity contribution in [2.45, 2.75) is 39.0 Å². The highest BCUT2D eigenvalue weighted by Gasteiger charge is 2.26. The monoisotopic (exact) mass is 387 g/mol. The van der Waals surface area contributed by atoms with E-state index in [4.69, 9.17) is 15.2 Å². The standard InChI is InChI=1S/C22H33N3O3/c1-15-11-19(21-18(20(15)23)3-2-9-28-21)22(26)24-12-16-4-7-25(8-5-16)13-17-6-10-27-14-17/h11,16-17H,2-10,12-14,23H2,1H3,(H,24,26). The van der Waals surface area contributed by atoms with Gasteiger partial charge in [0.25, 0.3) is 5.91 Å². The summed E-state index contributed by atoms with van der Waals surface area (Å²) in [6, 6.07) is 1.88. The van der Waals surface area contributed by atoms with Crippen molar-refractivity contribution in [2.24, 2.45) is 11.8 Å². The summed E-state index contributed by atoms with van der Waals surface area (Å²) in [6.45, 7) is 8.60. The number of ether oxygens (including phenoxy) is 2. The Bertz CT molecular complexity index is 707. The van der Waals surface area contributed by atoms with E-state index in [1.54, 1.807) is 0 Å². The summed E-state index contributed by atoms with van der Waals surface area (Å²) in [7, 11) is 0. The quantitative estimate of drug-likeness (QED) is 0.759. The molecule has 0 radical (unpaired) electrons. The summed E-state index contributed by atoms with van der Waals surface area (Å²) in [6.07, 6.45) is 5.32. The third-order valence-electron chi connectivity index (χ3n) is 6.49. The number of hydrogen-bond donors (Lipinski definition) is 2. The van der Waals surface area contributed by atoms with Crippen molar-refractivity contribution in [3.05, 3.63) is 22.8 Å². The first-order chi connectivity index (χ1) is 13.6. The summed E-state index contributed by atoms with van der Waals surface area (Å²) in [5.74, 6) is 1.91. The van der Waals surface area contributed by atoms with Crippen molar-refractivity contribution >= 4 is 11.6 Å². The molecule has 28 heavy (non-hydrogen) atoms. The summed E-state index contributed by atoms with van der Waals surface area (Å²) in [5, 5.41) is 3.16. The molecule has 154 valence electrons. The Morgan fingerprint density at radius 1 is 1.25 bits per heavy atom. The third kappa shape index (κ3) is 4.28. The number of nitrogen functional groups attached to an aromatic ring is 1. The molecule has 1 atom stereocenters. The van der Waals surface area contributed by atoms with E-state index in [1.165, 1.54) is 6.42 Å². The van der Waals surface area contributed by atoms with Crippen molar-refractivity contribution < 1.29 is 14.3 Å². The molecule has 0 spiro atoms. The normalized spacial score (nSPS) is 23.2. The number of nitrogens with one attached hydrogen (secondary N) is 1. The molecule has 1 unspecified atom stereocenters. The van der Waals surface area contributed by atoms with E-state index in [9.17, 15) is 4.79 Å². The van der Waals surface area contributed by atoms with Crippen LogP contribution in [0.4, 0.5) is 5.69 Å². The van der Waals surface area contributed by atoms with E-state index < -0.39 is 0 Å². The topological polar surface area (TPSA) is 76.8 Å². The number of piperidine rings is 1. The highest BCUT2D eigenvalue weighted by atomic mass is 16.5. The molecule has 6 heteroatoms. The molecule has 3 aliphatic rings. The summed E-state index contributed by atoms with van der Waals surface area (Å²) in [4.78, 5) is 15.4. The number of hydrogen-bond acceptors (Lipinski definition) is 5. The zero-order chi connectivity index (χ0) is 19.5. The minimum absolute atomic E-state index is 0.0354. The van der Waals surface area contributed by atoms with Gasteiger partial charge in [-0.1, -0.05) is 0 Å². The van der Waals surface area contributed by atoms with Gasteiger partial charge in [0.1, 0.15) is 5.75 Å². The number of amides is 1. The molecule has 3 aliphatic heterocycles. The average molecular weight is 388 g/mol. The first-order valence-corrected chi connectivity index (χ1v) is 10.7. The molecule has 2 fully saturated rings.